The van der Waals surface area contributed by atoms with Crippen LogP contribution in [0.3, 0.4) is 0 Å². The van der Waals surface area contributed by atoms with Crippen LogP contribution in [0.25, 0.3) is 0 Å². The average Bonchev–Trinajstić information content (AvgIpc) is 2.88. The molecule has 4 nitrogen and oxygen atoms in total. The standard InChI is InChI=1S/C20H20ClN3O/c1-14-8-6-7-11-17(14)12-22-20(25)18-15(2)23-24(19(18)21)13-16-9-4-3-5-10-16/h3-11H,12-13H2,1-2H3,(H,22,25). The van der Waals surface area contributed by atoms with Crippen LogP contribution >= 0.6 is 11.6 Å². The van der Waals surface area contributed by atoms with Crippen LogP contribution in [-0.2, 0) is 13.1 Å². The number of aryl methyl sites for hydroxylation is 2. The third kappa shape index (κ3) is 3.91. The molecule has 3 rings (SSSR count). The summed E-state index contributed by atoms with van der Waals surface area (Å²) in [7, 11) is 0. The number of rotatable bonds is 5. The number of amides is 1. The van der Waals surface area contributed by atoms with Gasteiger partial charge >= 0.3 is 0 Å². The molecule has 0 atom stereocenters. The summed E-state index contributed by atoms with van der Waals surface area (Å²) in [4.78, 5) is 12.6. The second kappa shape index (κ2) is 7.53. The van der Waals surface area contributed by atoms with Crippen molar-refractivity contribution in [3.05, 3.63) is 87.7 Å². The molecule has 0 fully saturated rings. The highest BCUT2D eigenvalue weighted by Gasteiger charge is 2.20. The highest BCUT2D eigenvalue weighted by molar-refractivity contribution is 6.33. The van der Waals surface area contributed by atoms with Crippen LogP contribution in [0.5, 0.6) is 0 Å². The molecule has 0 aliphatic carbocycles. The lowest BCUT2D eigenvalue weighted by atomic mass is 10.1. The second-order valence-electron chi connectivity index (χ2n) is 6.00. The molecule has 25 heavy (non-hydrogen) atoms. The first-order valence-electron chi connectivity index (χ1n) is 8.16. The maximum absolute atomic E-state index is 12.6. The molecule has 0 saturated heterocycles. The Morgan fingerprint density at radius 1 is 1.08 bits per heavy atom. The van der Waals surface area contributed by atoms with Crippen LogP contribution in [0.15, 0.2) is 54.6 Å². The van der Waals surface area contributed by atoms with Gasteiger partial charge < -0.3 is 5.32 Å². The van der Waals surface area contributed by atoms with Gasteiger partial charge in [-0.15, -0.1) is 0 Å². The van der Waals surface area contributed by atoms with Crippen LogP contribution in [-0.4, -0.2) is 15.7 Å². The Hall–Kier alpha value is -2.59. The van der Waals surface area contributed by atoms with E-state index in [1.165, 1.54) is 0 Å². The number of nitrogens with one attached hydrogen (secondary N) is 1. The van der Waals surface area contributed by atoms with Crippen molar-refractivity contribution in [2.24, 2.45) is 0 Å². The summed E-state index contributed by atoms with van der Waals surface area (Å²) in [6.45, 7) is 4.82. The molecule has 1 amide bonds. The van der Waals surface area contributed by atoms with E-state index in [1.54, 1.807) is 11.6 Å². The van der Waals surface area contributed by atoms with Gasteiger partial charge in [0.15, 0.2) is 0 Å². The lowest BCUT2D eigenvalue weighted by Crippen LogP contribution is -2.24. The van der Waals surface area contributed by atoms with E-state index in [9.17, 15) is 4.79 Å². The van der Waals surface area contributed by atoms with Crippen molar-refractivity contribution in [3.8, 4) is 0 Å². The van der Waals surface area contributed by atoms with Gasteiger partial charge in [-0.3, -0.25) is 4.79 Å². The summed E-state index contributed by atoms with van der Waals surface area (Å²) in [5.41, 5.74) is 4.37. The Balaban J connectivity index is 1.76. The van der Waals surface area contributed by atoms with E-state index in [0.717, 1.165) is 16.7 Å². The fourth-order valence-electron chi connectivity index (χ4n) is 2.74. The molecule has 0 aliphatic heterocycles. The number of carbonyl (C=O) groups excluding carboxylic acids is 1. The second-order valence-corrected chi connectivity index (χ2v) is 6.36. The molecule has 5 heteroatoms. The van der Waals surface area contributed by atoms with Crippen molar-refractivity contribution < 1.29 is 4.79 Å². The van der Waals surface area contributed by atoms with Crippen molar-refractivity contribution in [2.75, 3.05) is 0 Å². The number of nitrogens with zero attached hydrogens (tertiary/aromatic N) is 2. The first kappa shape index (κ1) is 17.2. The van der Waals surface area contributed by atoms with E-state index < -0.39 is 0 Å². The fraction of sp³-hybridized carbons (Fsp3) is 0.200. The highest BCUT2D eigenvalue weighted by Crippen LogP contribution is 2.21. The number of halogens is 1. The van der Waals surface area contributed by atoms with Crippen molar-refractivity contribution in [1.82, 2.24) is 15.1 Å². The molecule has 1 aromatic heterocycles. The molecule has 0 spiro atoms. The summed E-state index contributed by atoms with van der Waals surface area (Å²) in [5, 5.41) is 7.73. The summed E-state index contributed by atoms with van der Waals surface area (Å²) < 4.78 is 1.66. The third-order valence-electron chi connectivity index (χ3n) is 4.17. The van der Waals surface area contributed by atoms with Gasteiger partial charge in [-0.25, -0.2) is 4.68 Å². The largest absolute Gasteiger partial charge is 0.348 e. The van der Waals surface area contributed by atoms with Crippen LogP contribution in [0.4, 0.5) is 0 Å². The van der Waals surface area contributed by atoms with E-state index in [-0.39, 0.29) is 5.91 Å². The van der Waals surface area contributed by atoms with E-state index in [4.69, 9.17) is 11.6 Å². The molecule has 0 aliphatic rings. The summed E-state index contributed by atoms with van der Waals surface area (Å²) >= 11 is 6.43. The Morgan fingerprint density at radius 3 is 2.48 bits per heavy atom. The van der Waals surface area contributed by atoms with Crippen molar-refractivity contribution in [1.29, 1.82) is 0 Å². The molecule has 3 aromatic rings. The molecular formula is C20H20ClN3O. The molecule has 0 bridgehead atoms. The number of hydrogen-bond donors (Lipinski definition) is 1. The van der Waals surface area contributed by atoms with Crippen LogP contribution < -0.4 is 5.32 Å². The molecule has 128 valence electrons. The maximum Gasteiger partial charge on any atom is 0.256 e. The minimum Gasteiger partial charge on any atom is -0.348 e. The van der Waals surface area contributed by atoms with Crippen molar-refractivity contribution >= 4 is 17.5 Å². The number of benzene rings is 2. The smallest absolute Gasteiger partial charge is 0.256 e. The van der Waals surface area contributed by atoms with E-state index in [1.807, 2.05) is 61.5 Å². The molecule has 2 aromatic carbocycles. The quantitative estimate of drug-likeness (QED) is 0.749. The Labute approximate surface area is 152 Å². The zero-order valence-electron chi connectivity index (χ0n) is 14.3. The summed E-state index contributed by atoms with van der Waals surface area (Å²) in [5.74, 6) is -0.204. The van der Waals surface area contributed by atoms with Crippen LogP contribution in [0.1, 0.15) is 32.7 Å². The van der Waals surface area contributed by atoms with Gasteiger partial charge in [-0.1, -0.05) is 66.2 Å². The minimum atomic E-state index is -0.204. The van der Waals surface area contributed by atoms with Gasteiger partial charge in [0.2, 0.25) is 0 Å². The normalized spacial score (nSPS) is 10.7. The number of hydrogen-bond acceptors (Lipinski definition) is 2. The summed E-state index contributed by atoms with van der Waals surface area (Å²) in [6, 6.07) is 17.9. The Morgan fingerprint density at radius 2 is 1.76 bits per heavy atom. The van der Waals surface area contributed by atoms with E-state index in [2.05, 4.69) is 10.4 Å². The molecule has 1 heterocycles. The topological polar surface area (TPSA) is 46.9 Å². The van der Waals surface area contributed by atoms with E-state index >= 15 is 0 Å². The predicted octanol–water partition coefficient (Wildman–Crippen LogP) is 4.13. The van der Waals surface area contributed by atoms with Gasteiger partial charge in [-0.2, -0.15) is 5.10 Å². The first-order chi connectivity index (χ1) is 12.1. The predicted molar refractivity (Wildman–Crippen MR) is 99.9 cm³/mol. The molecule has 0 saturated carbocycles. The van der Waals surface area contributed by atoms with Crippen molar-refractivity contribution in [2.45, 2.75) is 26.9 Å². The third-order valence-corrected chi connectivity index (χ3v) is 4.55. The van der Waals surface area contributed by atoms with Gasteiger partial charge in [-0.05, 0) is 30.5 Å². The number of aromatic nitrogens is 2. The first-order valence-corrected chi connectivity index (χ1v) is 8.53. The summed E-state index contributed by atoms with van der Waals surface area (Å²) in [6.07, 6.45) is 0. The lowest BCUT2D eigenvalue weighted by Gasteiger charge is -2.08. The fourth-order valence-corrected chi connectivity index (χ4v) is 3.06. The van der Waals surface area contributed by atoms with Crippen LogP contribution in [0, 0.1) is 13.8 Å². The lowest BCUT2D eigenvalue weighted by molar-refractivity contribution is 0.0950. The van der Waals surface area contributed by atoms with Crippen LogP contribution in [0.2, 0.25) is 5.15 Å². The molecule has 1 N–H and O–H groups in total. The maximum atomic E-state index is 12.6. The zero-order chi connectivity index (χ0) is 17.8. The molecule has 0 unspecified atom stereocenters. The Kier molecular flexibility index (Phi) is 5.19. The molecule has 0 radical (unpaired) electrons. The van der Waals surface area contributed by atoms with Gasteiger partial charge in [0, 0.05) is 6.54 Å². The SMILES string of the molecule is Cc1ccccc1CNC(=O)c1c(C)nn(Cc2ccccc2)c1Cl. The number of carbonyl (C=O) groups is 1. The Bertz CT molecular complexity index is 887. The molecular weight excluding hydrogens is 334 g/mol. The highest BCUT2D eigenvalue weighted by atomic mass is 35.5. The van der Waals surface area contributed by atoms with Gasteiger partial charge in [0.1, 0.15) is 5.15 Å². The minimum absolute atomic E-state index is 0.204. The van der Waals surface area contributed by atoms with Gasteiger partial charge in [0.25, 0.3) is 5.91 Å². The van der Waals surface area contributed by atoms with E-state index in [0.29, 0.717) is 29.5 Å². The zero-order valence-corrected chi connectivity index (χ0v) is 15.0. The average molecular weight is 354 g/mol. The monoisotopic (exact) mass is 353 g/mol. The van der Waals surface area contributed by atoms with Gasteiger partial charge in [0.05, 0.1) is 17.8 Å². The van der Waals surface area contributed by atoms with Crippen molar-refractivity contribution in [3.63, 3.8) is 0 Å².